The van der Waals surface area contributed by atoms with Crippen LogP contribution in [0.4, 0.5) is 0 Å². The van der Waals surface area contributed by atoms with Gasteiger partial charge in [0.15, 0.2) is 0 Å². The van der Waals surface area contributed by atoms with Gasteiger partial charge < -0.3 is 15.5 Å². The summed E-state index contributed by atoms with van der Waals surface area (Å²) >= 11 is 0. The summed E-state index contributed by atoms with van der Waals surface area (Å²) in [5.41, 5.74) is -0.402. The summed E-state index contributed by atoms with van der Waals surface area (Å²) in [6.45, 7) is 8.06. The highest BCUT2D eigenvalue weighted by Gasteiger charge is 2.35. The SMILES string of the molecule is CC(C)(C)CCNCC1(O)CCC(C(=O)O)CC1. The van der Waals surface area contributed by atoms with E-state index in [2.05, 4.69) is 26.1 Å². The van der Waals surface area contributed by atoms with Gasteiger partial charge in [-0.15, -0.1) is 0 Å². The standard InChI is InChI=1S/C14H27NO3/c1-13(2,3)8-9-15-10-14(18)6-4-11(5-7-14)12(16)17/h11,15,18H,4-10H2,1-3H3,(H,16,17). The number of carbonyl (C=O) groups is 1. The highest BCUT2D eigenvalue weighted by Crippen LogP contribution is 2.31. The van der Waals surface area contributed by atoms with Gasteiger partial charge in [-0.3, -0.25) is 4.79 Å². The van der Waals surface area contributed by atoms with E-state index in [4.69, 9.17) is 5.11 Å². The van der Waals surface area contributed by atoms with Gasteiger partial charge in [0.2, 0.25) is 0 Å². The van der Waals surface area contributed by atoms with Crippen molar-refractivity contribution in [1.29, 1.82) is 0 Å². The van der Waals surface area contributed by atoms with Crippen molar-refractivity contribution in [2.45, 2.75) is 58.5 Å². The van der Waals surface area contributed by atoms with Crippen LogP contribution in [0.5, 0.6) is 0 Å². The lowest BCUT2D eigenvalue weighted by atomic mass is 9.79. The molecule has 106 valence electrons. The minimum absolute atomic E-state index is 0.264. The molecule has 0 radical (unpaired) electrons. The molecular formula is C14H27NO3. The van der Waals surface area contributed by atoms with Crippen LogP contribution in [0.15, 0.2) is 0 Å². The maximum Gasteiger partial charge on any atom is 0.306 e. The Bertz CT molecular complexity index is 275. The number of rotatable bonds is 5. The molecule has 0 aliphatic heterocycles. The maximum atomic E-state index is 10.8. The molecule has 0 saturated heterocycles. The summed E-state index contributed by atoms with van der Waals surface area (Å²) in [5.74, 6) is -0.988. The summed E-state index contributed by atoms with van der Waals surface area (Å²) in [7, 11) is 0. The fraction of sp³-hybridized carbons (Fsp3) is 0.929. The largest absolute Gasteiger partial charge is 0.481 e. The Morgan fingerprint density at radius 1 is 1.33 bits per heavy atom. The Morgan fingerprint density at radius 3 is 2.33 bits per heavy atom. The molecule has 0 spiro atoms. The lowest BCUT2D eigenvalue weighted by molar-refractivity contribution is -0.144. The summed E-state index contributed by atoms with van der Waals surface area (Å²) in [5, 5.41) is 22.6. The molecule has 0 unspecified atom stereocenters. The highest BCUT2D eigenvalue weighted by molar-refractivity contribution is 5.70. The monoisotopic (exact) mass is 257 g/mol. The van der Waals surface area contributed by atoms with Gasteiger partial charge in [-0.1, -0.05) is 20.8 Å². The van der Waals surface area contributed by atoms with Crippen LogP contribution in [-0.2, 0) is 4.79 Å². The Kier molecular flexibility index (Phi) is 5.17. The number of nitrogens with one attached hydrogen (secondary N) is 1. The van der Waals surface area contributed by atoms with Gasteiger partial charge in [0.05, 0.1) is 11.5 Å². The first kappa shape index (κ1) is 15.4. The molecule has 0 aromatic rings. The smallest absolute Gasteiger partial charge is 0.306 e. The first-order valence-corrected chi connectivity index (χ1v) is 6.88. The summed E-state index contributed by atoms with van der Waals surface area (Å²) in [6, 6.07) is 0. The van der Waals surface area contributed by atoms with Crippen LogP contribution in [-0.4, -0.2) is 34.9 Å². The molecule has 1 aliphatic rings. The van der Waals surface area contributed by atoms with Gasteiger partial charge >= 0.3 is 5.97 Å². The summed E-state index contributed by atoms with van der Waals surface area (Å²) in [6.07, 6.45) is 3.43. The lowest BCUT2D eigenvalue weighted by Gasteiger charge is -2.35. The average Bonchev–Trinajstić information content (AvgIpc) is 2.24. The summed E-state index contributed by atoms with van der Waals surface area (Å²) in [4.78, 5) is 10.8. The van der Waals surface area contributed by atoms with Crippen molar-refractivity contribution in [3.63, 3.8) is 0 Å². The molecule has 4 heteroatoms. The molecule has 3 N–H and O–H groups in total. The van der Waals surface area contributed by atoms with E-state index in [0.29, 0.717) is 37.6 Å². The zero-order chi connectivity index (χ0) is 13.8. The van der Waals surface area contributed by atoms with Crippen LogP contribution >= 0.6 is 0 Å². The van der Waals surface area contributed by atoms with Crippen molar-refractivity contribution in [2.75, 3.05) is 13.1 Å². The predicted molar refractivity (Wildman–Crippen MR) is 71.5 cm³/mol. The molecule has 0 aromatic carbocycles. The fourth-order valence-corrected chi connectivity index (χ4v) is 2.36. The molecule has 0 bridgehead atoms. The molecule has 4 nitrogen and oxygen atoms in total. The second-order valence-electron chi connectivity index (χ2n) is 6.82. The third-order valence-corrected chi connectivity index (χ3v) is 3.77. The zero-order valence-corrected chi connectivity index (χ0v) is 11.8. The predicted octanol–water partition coefficient (Wildman–Crippen LogP) is 2.02. The number of aliphatic hydroxyl groups is 1. The van der Waals surface area contributed by atoms with Crippen LogP contribution in [0.25, 0.3) is 0 Å². The Hall–Kier alpha value is -0.610. The number of carboxylic acids is 1. The second kappa shape index (κ2) is 6.02. The normalized spacial score (nSPS) is 29.2. The molecule has 1 aliphatic carbocycles. The van der Waals surface area contributed by atoms with Crippen LogP contribution in [0.2, 0.25) is 0 Å². The third-order valence-electron chi connectivity index (χ3n) is 3.77. The van der Waals surface area contributed by atoms with E-state index in [9.17, 15) is 9.90 Å². The van der Waals surface area contributed by atoms with Gasteiger partial charge in [-0.2, -0.15) is 0 Å². The molecular weight excluding hydrogens is 230 g/mol. The molecule has 1 rings (SSSR count). The van der Waals surface area contributed by atoms with E-state index in [0.717, 1.165) is 13.0 Å². The van der Waals surface area contributed by atoms with E-state index in [1.54, 1.807) is 0 Å². The van der Waals surface area contributed by atoms with E-state index in [-0.39, 0.29) is 5.92 Å². The minimum atomic E-state index is -0.724. The quantitative estimate of drug-likeness (QED) is 0.659. The molecule has 1 saturated carbocycles. The zero-order valence-electron chi connectivity index (χ0n) is 11.8. The lowest BCUT2D eigenvalue weighted by Crippen LogP contribution is -2.45. The molecule has 0 heterocycles. The first-order chi connectivity index (χ1) is 8.22. The minimum Gasteiger partial charge on any atom is -0.481 e. The average molecular weight is 257 g/mol. The van der Waals surface area contributed by atoms with Gasteiger partial charge in [-0.05, 0) is 44.1 Å². The van der Waals surface area contributed by atoms with Crippen LogP contribution in [0.1, 0.15) is 52.9 Å². The molecule has 1 fully saturated rings. The van der Waals surface area contributed by atoms with Crippen molar-refractivity contribution >= 4 is 5.97 Å². The van der Waals surface area contributed by atoms with Gasteiger partial charge in [0.25, 0.3) is 0 Å². The van der Waals surface area contributed by atoms with Gasteiger partial charge in [0, 0.05) is 6.54 Å². The first-order valence-electron chi connectivity index (χ1n) is 6.88. The van der Waals surface area contributed by atoms with Crippen molar-refractivity contribution in [3.8, 4) is 0 Å². The Labute approximate surface area is 110 Å². The van der Waals surface area contributed by atoms with E-state index in [1.165, 1.54) is 0 Å². The second-order valence-corrected chi connectivity index (χ2v) is 6.82. The maximum absolute atomic E-state index is 10.8. The molecule has 0 atom stereocenters. The van der Waals surface area contributed by atoms with Crippen molar-refractivity contribution < 1.29 is 15.0 Å². The van der Waals surface area contributed by atoms with Gasteiger partial charge in [-0.25, -0.2) is 0 Å². The topological polar surface area (TPSA) is 69.6 Å². The van der Waals surface area contributed by atoms with Crippen molar-refractivity contribution in [3.05, 3.63) is 0 Å². The van der Waals surface area contributed by atoms with Crippen LogP contribution in [0, 0.1) is 11.3 Å². The molecule has 0 aromatic heterocycles. The van der Waals surface area contributed by atoms with E-state index >= 15 is 0 Å². The molecule has 0 amide bonds. The Morgan fingerprint density at radius 2 is 1.89 bits per heavy atom. The van der Waals surface area contributed by atoms with Gasteiger partial charge in [0.1, 0.15) is 0 Å². The summed E-state index contributed by atoms with van der Waals surface area (Å²) < 4.78 is 0. The fourth-order valence-electron chi connectivity index (χ4n) is 2.36. The number of aliphatic carboxylic acids is 1. The van der Waals surface area contributed by atoms with Crippen molar-refractivity contribution in [2.24, 2.45) is 11.3 Å². The van der Waals surface area contributed by atoms with E-state index in [1.807, 2.05) is 0 Å². The molecule has 18 heavy (non-hydrogen) atoms. The number of hydrogen-bond donors (Lipinski definition) is 3. The third kappa shape index (κ3) is 5.36. The van der Waals surface area contributed by atoms with Crippen LogP contribution < -0.4 is 5.32 Å². The van der Waals surface area contributed by atoms with E-state index < -0.39 is 11.6 Å². The van der Waals surface area contributed by atoms with Crippen molar-refractivity contribution in [1.82, 2.24) is 5.32 Å². The number of hydrogen-bond acceptors (Lipinski definition) is 3. The Balaban J connectivity index is 2.24. The number of carboxylic acid groups (broad SMARTS) is 1. The van der Waals surface area contributed by atoms with Crippen LogP contribution in [0.3, 0.4) is 0 Å². The highest BCUT2D eigenvalue weighted by atomic mass is 16.4.